The second-order valence-electron chi connectivity index (χ2n) is 8.89. The standard InChI is InChI=1S/C13H9.C10H22Si2.CH3NO.2CH3.Si.Ti/c1-3-7-12-10(5-1)9-11-6-2-4-8-13(11)12;1-9(11(3,4)5)10(2)12(6,7)8;2-1-3;;;;/h1-9H;1-2H2,3-8H3;1H,(H2,2,3);2*1H3;;/q-1;;;2*-1;;+4/p-1. The molecule has 32 heavy (non-hydrogen) atoms. The summed E-state index contributed by atoms with van der Waals surface area (Å²) >= 11 is 0. The number of allylic oxidation sites excluding steroid dienone is 2. The number of hydrogen-bond donors (Lipinski definition) is 0. The summed E-state index contributed by atoms with van der Waals surface area (Å²) in [7, 11) is -2.39. The van der Waals surface area contributed by atoms with E-state index in [1.165, 1.54) is 31.9 Å². The van der Waals surface area contributed by atoms with E-state index in [4.69, 9.17) is 10.5 Å². The van der Waals surface area contributed by atoms with Gasteiger partial charge in [-0.25, -0.2) is 0 Å². The first-order valence-corrected chi connectivity index (χ1v) is 16.5. The van der Waals surface area contributed by atoms with Crippen molar-refractivity contribution in [3.05, 3.63) is 98.7 Å². The first-order valence-electron chi connectivity index (χ1n) is 9.46. The van der Waals surface area contributed by atoms with E-state index in [-0.39, 0.29) is 53.9 Å². The number of amides is 1. The Morgan fingerprint density at radius 2 is 1.03 bits per heavy atom. The molecule has 0 spiro atoms. The fourth-order valence-corrected chi connectivity index (χ4v) is 6.87. The van der Waals surface area contributed by atoms with Crippen LogP contribution in [-0.2, 0) is 26.5 Å². The van der Waals surface area contributed by atoms with Crippen LogP contribution < -0.4 is 0 Å². The summed E-state index contributed by atoms with van der Waals surface area (Å²) in [5, 5.41) is 8.12. The Hall–Kier alpha value is -1.38. The Morgan fingerprint density at radius 3 is 1.28 bits per heavy atom. The minimum absolute atomic E-state index is 0. The molecule has 1 N–H and O–H groups in total. The number of rotatable bonds is 3. The van der Waals surface area contributed by atoms with Crippen LogP contribution in [0.25, 0.3) is 27.3 Å². The smallest absolute Gasteiger partial charge is 0.671 e. The molecule has 3 rings (SSSR count). The van der Waals surface area contributed by atoms with Gasteiger partial charge in [-0.3, -0.25) is 0 Å². The van der Waals surface area contributed by atoms with Gasteiger partial charge in [-0.15, -0.1) is 39.7 Å². The quantitative estimate of drug-likeness (QED) is 0.150. The number of carbonyl (C=O) groups excluding carboxylic acids is 1. The maximum atomic E-state index is 8.47. The van der Waals surface area contributed by atoms with E-state index in [9.17, 15) is 0 Å². The summed E-state index contributed by atoms with van der Waals surface area (Å²) < 4.78 is 0. The molecule has 4 radical (unpaired) electrons. The third-order valence-corrected chi connectivity index (χ3v) is 9.17. The fraction of sp³-hybridized carbons (Fsp3) is 0.231. The van der Waals surface area contributed by atoms with E-state index in [0.717, 1.165) is 0 Å². The molecule has 0 atom stereocenters. The maximum Gasteiger partial charge on any atom is 4.00 e. The Morgan fingerprint density at radius 1 is 0.781 bits per heavy atom. The predicted octanol–water partition coefficient (Wildman–Crippen LogP) is 8.28. The molecule has 0 aliphatic carbocycles. The summed E-state index contributed by atoms with van der Waals surface area (Å²) in [5.41, 5.74) is 5.53. The Balaban J connectivity index is -0.000000197. The molecule has 2 nitrogen and oxygen atoms in total. The molecular formula is C26H39NOSi3Ti. The summed E-state index contributed by atoms with van der Waals surface area (Å²) in [5.74, 6) is 0. The van der Waals surface area contributed by atoms with E-state index in [1.54, 1.807) is 0 Å². The first-order chi connectivity index (χ1) is 12.9. The Kier molecular flexibility index (Phi) is 19.3. The van der Waals surface area contributed by atoms with Crippen molar-refractivity contribution in [2.45, 2.75) is 39.3 Å². The monoisotopic (exact) mass is 513 g/mol. The van der Waals surface area contributed by atoms with Crippen molar-refractivity contribution in [1.82, 2.24) is 0 Å². The van der Waals surface area contributed by atoms with Crippen LogP contribution in [-0.4, -0.2) is 33.5 Å². The predicted molar refractivity (Wildman–Crippen MR) is 151 cm³/mol. The summed E-state index contributed by atoms with van der Waals surface area (Å²) in [4.78, 5) is 8.47. The number of carbonyl (C=O) groups is 1. The van der Waals surface area contributed by atoms with Crippen molar-refractivity contribution in [1.29, 1.82) is 0 Å². The van der Waals surface area contributed by atoms with Crippen LogP contribution in [0, 0.1) is 14.9 Å². The zero-order valence-corrected chi connectivity index (χ0v) is 25.7. The fourth-order valence-electron chi connectivity index (χ4n) is 2.81. The summed E-state index contributed by atoms with van der Waals surface area (Å²) in [6, 6.07) is 19.3. The van der Waals surface area contributed by atoms with Crippen LogP contribution in [0.15, 0.2) is 78.1 Å². The van der Waals surface area contributed by atoms with Crippen LogP contribution in [0.5, 0.6) is 0 Å². The molecule has 0 aromatic heterocycles. The maximum absolute atomic E-state index is 8.47. The molecule has 3 aromatic carbocycles. The molecule has 170 valence electrons. The van der Waals surface area contributed by atoms with Gasteiger partial charge in [0.1, 0.15) is 0 Å². The van der Waals surface area contributed by atoms with E-state index in [0.29, 0.717) is 0 Å². The van der Waals surface area contributed by atoms with Crippen LogP contribution >= 0.6 is 0 Å². The van der Waals surface area contributed by atoms with Gasteiger partial charge in [0.05, 0.1) is 16.1 Å². The molecule has 1 amide bonds. The summed E-state index contributed by atoms with van der Waals surface area (Å²) in [6.45, 7) is 22.4. The number of fused-ring (bicyclic) bond motifs is 3. The van der Waals surface area contributed by atoms with Gasteiger partial charge >= 0.3 is 21.7 Å². The number of nitrogens with one attached hydrogen (secondary N) is 1. The zero-order valence-electron chi connectivity index (χ0n) is 21.1. The molecule has 0 unspecified atom stereocenters. The van der Waals surface area contributed by atoms with Crippen molar-refractivity contribution in [2.24, 2.45) is 0 Å². The van der Waals surface area contributed by atoms with Crippen LogP contribution in [0.2, 0.25) is 39.3 Å². The Labute approximate surface area is 218 Å². The van der Waals surface area contributed by atoms with Gasteiger partial charge in [-0.2, -0.15) is 0 Å². The normalized spacial score (nSPS) is 9.69. The number of hydrogen-bond acceptors (Lipinski definition) is 1. The van der Waals surface area contributed by atoms with Gasteiger partial charge in [-0.1, -0.05) is 99.2 Å². The molecule has 0 heterocycles. The van der Waals surface area contributed by atoms with Crippen LogP contribution in [0.3, 0.4) is 0 Å². The third kappa shape index (κ3) is 11.0. The molecule has 6 heteroatoms. The van der Waals surface area contributed by atoms with E-state index < -0.39 is 16.1 Å². The van der Waals surface area contributed by atoms with Gasteiger partial charge in [0.2, 0.25) is 0 Å². The SMILES string of the molecule is C=C(C(=C)[Si](C)(C)C)[Si](C)(C)C.[CH3-].[CH3-].[NH-]C=O.[Si].[Ti+4].c1ccc2c(c1)[cH-]c1ccccc12. The van der Waals surface area contributed by atoms with Crippen molar-refractivity contribution >= 4 is 55.1 Å². The average Bonchev–Trinajstić information content (AvgIpc) is 2.99. The number of benzene rings is 2. The molecular weight excluding hydrogens is 474 g/mol. The molecule has 0 aliphatic rings. The van der Waals surface area contributed by atoms with Crippen molar-refractivity contribution in [3.8, 4) is 0 Å². The van der Waals surface area contributed by atoms with Crippen LogP contribution in [0.1, 0.15) is 0 Å². The Bertz CT molecular complexity index is 892. The van der Waals surface area contributed by atoms with E-state index in [1.807, 2.05) is 0 Å². The van der Waals surface area contributed by atoms with Gasteiger partial charge in [0, 0.05) is 17.4 Å². The van der Waals surface area contributed by atoms with E-state index >= 15 is 0 Å². The molecule has 0 saturated heterocycles. The molecule has 0 aliphatic heterocycles. The second-order valence-corrected chi connectivity index (χ2v) is 19.1. The molecule has 0 bridgehead atoms. The second kappa shape index (κ2) is 16.3. The largest absolute Gasteiger partial charge is 4.00 e. The van der Waals surface area contributed by atoms with Crippen molar-refractivity contribution < 1.29 is 26.5 Å². The van der Waals surface area contributed by atoms with Crippen molar-refractivity contribution in [2.75, 3.05) is 0 Å². The van der Waals surface area contributed by atoms with Gasteiger partial charge in [-0.05, 0) is 0 Å². The molecule has 0 saturated carbocycles. The molecule has 0 fully saturated rings. The third-order valence-electron chi connectivity index (χ3n) is 4.70. The van der Waals surface area contributed by atoms with Crippen LogP contribution in [0.4, 0.5) is 0 Å². The van der Waals surface area contributed by atoms with Gasteiger partial charge < -0.3 is 25.4 Å². The topological polar surface area (TPSA) is 40.9 Å². The first kappa shape index (κ1) is 37.9. The molecule has 3 aromatic rings. The average molecular weight is 514 g/mol. The van der Waals surface area contributed by atoms with Gasteiger partial charge in [0.25, 0.3) is 0 Å². The van der Waals surface area contributed by atoms with Gasteiger partial charge in [0.15, 0.2) is 0 Å². The zero-order chi connectivity index (χ0) is 21.5. The minimum Gasteiger partial charge on any atom is -0.671 e. The van der Waals surface area contributed by atoms with E-state index in [2.05, 4.69) is 107 Å². The van der Waals surface area contributed by atoms with Crippen molar-refractivity contribution in [3.63, 3.8) is 0 Å². The minimum atomic E-state index is -1.19. The summed E-state index contributed by atoms with van der Waals surface area (Å²) in [6.07, 6.45) is 0.